The highest BCUT2D eigenvalue weighted by atomic mass is 16.3. The van der Waals surface area contributed by atoms with Gasteiger partial charge < -0.3 is 9.73 Å². The fraction of sp³-hybridized carbons (Fsp3) is 0.0465. The van der Waals surface area contributed by atoms with Crippen LogP contribution in [0.2, 0.25) is 0 Å². The largest absolute Gasteiger partial charge is 0.456 e. The van der Waals surface area contributed by atoms with Crippen molar-refractivity contribution < 1.29 is 4.42 Å². The molecule has 0 fully saturated rings. The molecule has 0 amide bonds. The van der Waals surface area contributed by atoms with Crippen molar-refractivity contribution in [1.82, 2.24) is 10.6 Å². The molecule has 224 valence electrons. The summed E-state index contributed by atoms with van der Waals surface area (Å²) >= 11 is 0. The lowest BCUT2D eigenvalue weighted by Crippen LogP contribution is -2.45. The van der Waals surface area contributed by atoms with Crippen molar-refractivity contribution in [3.8, 4) is 22.3 Å². The quantitative estimate of drug-likeness (QED) is 0.205. The molecule has 7 aromatic carbocycles. The lowest BCUT2D eigenvalue weighted by molar-refractivity contribution is 0.411. The second-order valence-corrected chi connectivity index (χ2v) is 12.0. The SMILES string of the molecule is c1ccc(-c2cccc3oc4cccc(C5NC(c6ccc(-c7ccc8ccccc8c7)cc6)=NC(c6ccccc6)N5)c4c23)cc1. The zero-order valence-corrected chi connectivity index (χ0v) is 25.6. The fourth-order valence-electron chi connectivity index (χ4n) is 6.85. The smallest absolute Gasteiger partial charge is 0.136 e. The average Bonchev–Trinajstić information content (AvgIpc) is 3.54. The predicted molar refractivity (Wildman–Crippen MR) is 193 cm³/mol. The number of furan rings is 1. The first-order valence-electron chi connectivity index (χ1n) is 16.0. The minimum Gasteiger partial charge on any atom is -0.456 e. The van der Waals surface area contributed by atoms with Gasteiger partial charge in [-0.25, -0.2) is 4.99 Å². The van der Waals surface area contributed by atoms with E-state index in [-0.39, 0.29) is 12.3 Å². The third-order valence-corrected chi connectivity index (χ3v) is 9.17. The van der Waals surface area contributed by atoms with Gasteiger partial charge in [0.25, 0.3) is 0 Å². The zero-order valence-electron chi connectivity index (χ0n) is 25.6. The summed E-state index contributed by atoms with van der Waals surface area (Å²) in [6.45, 7) is 0. The van der Waals surface area contributed by atoms with Crippen molar-refractivity contribution in [2.75, 3.05) is 0 Å². The summed E-state index contributed by atoms with van der Waals surface area (Å²) in [5.74, 6) is 0.848. The van der Waals surface area contributed by atoms with Gasteiger partial charge in [-0.1, -0.05) is 146 Å². The van der Waals surface area contributed by atoms with Gasteiger partial charge in [0.15, 0.2) is 0 Å². The highest BCUT2D eigenvalue weighted by Gasteiger charge is 2.28. The summed E-state index contributed by atoms with van der Waals surface area (Å²) in [6.07, 6.45) is -0.458. The van der Waals surface area contributed by atoms with Gasteiger partial charge in [-0.15, -0.1) is 0 Å². The lowest BCUT2D eigenvalue weighted by atomic mass is 9.96. The van der Waals surface area contributed by atoms with Crippen LogP contribution in [0.1, 0.15) is 29.0 Å². The van der Waals surface area contributed by atoms with Crippen molar-refractivity contribution in [3.05, 3.63) is 180 Å². The molecule has 1 aromatic heterocycles. The Kier molecular flexibility index (Phi) is 6.65. The van der Waals surface area contributed by atoms with Gasteiger partial charge >= 0.3 is 0 Å². The molecule has 8 aromatic rings. The first kappa shape index (κ1) is 27.3. The summed E-state index contributed by atoms with van der Waals surface area (Å²) < 4.78 is 6.47. The average molecular weight is 606 g/mol. The summed E-state index contributed by atoms with van der Waals surface area (Å²) in [5, 5.41) is 12.3. The number of nitrogens with zero attached hydrogens (tertiary/aromatic N) is 1. The van der Waals surface area contributed by atoms with Crippen molar-refractivity contribution in [3.63, 3.8) is 0 Å². The van der Waals surface area contributed by atoms with E-state index in [1.807, 2.05) is 6.07 Å². The molecule has 4 nitrogen and oxygen atoms in total. The molecule has 0 aliphatic carbocycles. The zero-order chi connectivity index (χ0) is 31.2. The summed E-state index contributed by atoms with van der Waals surface area (Å²) in [6, 6.07) is 57.5. The third kappa shape index (κ3) is 4.96. The Morgan fingerprint density at radius 1 is 0.489 bits per heavy atom. The third-order valence-electron chi connectivity index (χ3n) is 9.17. The molecule has 0 saturated heterocycles. The van der Waals surface area contributed by atoms with E-state index in [4.69, 9.17) is 9.41 Å². The van der Waals surface area contributed by atoms with Crippen molar-refractivity contribution >= 4 is 38.5 Å². The van der Waals surface area contributed by atoms with E-state index in [1.165, 1.54) is 21.9 Å². The van der Waals surface area contributed by atoms with E-state index in [2.05, 4.69) is 168 Å². The molecule has 0 radical (unpaired) electrons. The normalized spacial score (nSPS) is 16.3. The predicted octanol–water partition coefficient (Wildman–Crippen LogP) is 10.4. The molecule has 0 spiro atoms. The van der Waals surface area contributed by atoms with Crippen LogP contribution in [0, 0.1) is 0 Å². The number of aliphatic imine (C=N–C) groups is 1. The molecular weight excluding hydrogens is 574 g/mol. The molecule has 0 saturated carbocycles. The van der Waals surface area contributed by atoms with Gasteiger partial charge in [-0.3, -0.25) is 5.32 Å². The standard InChI is InChI=1S/C43H31N3O/c1-3-12-30(13-4-1)35-17-9-19-37-39(35)40-36(18-10-20-38(40)47-37)43-45-41(31-14-5-2-6-15-31)44-42(46-43)32-24-21-29(22-25-32)34-26-23-28-11-7-8-16-33(28)27-34/h1-27,41,43,45H,(H,44,46). The lowest BCUT2D eigenvalue weighted by Gasteiger charge is -2.32. The van der Waals surface area contributed by atoms with E-state index < -0.39 is 0 Å². The van der Waals surface area contributed by atoms with Crippen LogP contribution < -0.4 is 10.6 Å². The first-order valence-corrected chi connectivity index (χ1v) is 16.0. The number of fused-ring (bicyclic) bond motifs is 4. The molecule has 47 heavy (non-hydrogen) atoms. The van der Waals surface area contributed by atoms with E-state index in [1.54, 1.807) is 0 Å². The van der Waals surface area contributed by atoms with Crippen LogP contribution in [-0.2, 0) is 0 Å². The number of benzene rings is 7. The maximum atomic E-state index is 6.47. The Bertz CT molecular complexity index is 2410. The van der Waals surface area contributed by atoms with Crippen LogP contribution in [0.4, 0.5) is 0 Å². The maximum Gasteiger partial charge on any atom is 0.136 e. The minimum atomic E-state index is -0.236. The van der Waals surface area contributed by atoms with Crippen LogP contribution >= 0.6 is 0 Å². The van der Waals surface area contributed by atoms with Crippen molar-refractivity contribution in [2.45, 2.75) is 12.3 Å². The Morgan fingerprint density at radius 3 is 1.96 bits per heavy atom. The number of hydrogen-bond donors (Lipinski definition) is 2. The Morgan fingerprint density at radius 2 is 1.15 bits per heavy atom. The molecule has 2 heterocycles. The molecule has 9 rings (SSSR count). The highest BCUT2D eigenvalue weighted by molar-refractivity contribution is 6.14. The minimum absolute atomic E-state index is 0.221. The maximum absolute atomic E-state index is 6.47. The van der Waals surface area contributed by atoms with E-state index in [0.717, 1.165) is 55.6 Å². The van der Waals surface area contributed by atoms with Gasteiger partial charge in [-0.2, -0.15) is 0 Å². The number of hydrogen-bond acceptors (Lipinski definition) is 4. The number of nitrogens with one attached hydrogen (secondary N) is 2. The molecule has 2 unspecified atom stereocenters. The van der Waals surface area contributed by atoms with Gasteiger partial charge in [0.05, 0.1) is 0 Å². The molecule has 2 atom stereocenters. The van der Waals surface area contributed by atoms with Crippen LogP contribution in [0.25, 0.3) is 55.0 Å². The van der Waals surface area contributed by atoms with Crippen molar-refractivity contribution in [1.29, 1.82) is 0 Å². The molecule has 4 heteroatoms. The number of rotatable bonds is 5. The Hall–Kier alpha value is -5.97. The summed E-state index contributed by atoms with van der Waals surface area (Å²) in [7, 11) is 0. The highest BCUT2D eigenvalue weighted by Crippen LogP contribution is 2.40. The number of amidine groups is 1. The van der Waals surface area contributed by atoms with Crippen LogP contribution in [0.3, 0.4) is 0 Å². The van der Waals surface area contributed by atoms with Gasteiger partial charge in [-0.05, 0) is 56.8 Å². The van der Waals surface area contributed by atoms with E-state index >= 15 is 0 Å². The Labute approximate surface area is 273 Å². The van der Waals surface area contributed by atoms with E-state index in [0.29, 0.717) is 0 Å². The summed E-state index contributed by atoms with van der Waals surface area (Å²) in [5.41, 5.74) is 9.70. The molecule has 1 aliphatic rings. The second kappa shape index (κ2) is 11.4. The topological polar surface area (TPSA) is 49.6 Å². The molecule has 0 bridgehead atoms. The summed E-state index contributed by atoms with van der Waals surface area (Å²) in [4.78, 5) is 5.21. The fourth-order valence-corrected chi connectivity index (χ4v) is 6.85. The monoisotopic (exact) mass is 605 g/mol. The van der Waals surface area contributed by atoms with Crippen LogP contribution in [-0.4, -0.2) is 5.84 Å². The molecular formula is C43H31N3O. The first-order chi connectivity index (χ1) is 23.3. The molecule has 2 N–H and O–H groups in total. The van der Waals surface area contributed by atoms with Crippen molar-refractivity contribution in [2.24, 2.45) is 4.99 Å². The van der Waals surface area contributed by atoms with Gasteiger partial charge in [0.1, 0.15) is 29.3 Å². The van der Waals surface area contributed by atoms with Gasteiger partial charge in [0, 0.05) is 21.9 Å². The van der Waals surface area contributed by atoms with Crippen LogP contribution in [0.5, 0.6) is 0 Å². The van der Waals surface area contributed by atoms with Crippen LogP contribution in [0.15, 0.2) is 173 Å². The van der Waals surface area contributed by atoms with Gasteiger partial charge in [0.2, 0.25) is 0 Å². The van der Waals surface area contributed by atoms with E-state index in [9.17, 15) is 0 Å². The Balaban J connectivity index is 1.14. The second-order valence-electron chi connectivity index (χ2n) is 12.0. The molecule has 1 aliphatic heterocycles.